The zero-order valence-corrected chi connectivity index (χ0v) is 17.9. The van der Waals surface area contributed by atoms with Crippen LogP contribution < -0.4 is 10.6 Å². The van der Waals surface area contributed by atoms with Gasteiger partial charge in [-0.1, -0.05) is 30.4 Å². The predicted molar refractivity (Wildman–Crippen MR) is 115 cm³/mol. The van der Waals surface area contributed by atoms with Gasteiger partial charge in [-0.3, -0.25) is 10.1 Å². The Morgan fingerprint density at radius 1 is 1.20 bits per heavy atom. The van der Waals surface area contributed by atoms with E-state index in [1.165, 1.54) is 11.1 Å². The fourth-order valence-corrected chi connectivity index (χ4v) is 5.37. The number of aryl methyl sites for hydroxylation is 1. The minimum absolute atomic E-state index is 0.0886. The summed E-state index contributed by atoms with van der Waals surface area (Å²) in [5.74, 6) is 0.268. The molecule has 1 heterocycles. The van der Waals surface area contributed by atoms with Gasteiger partial charge in [-0.25, -0.2) is 0 Å². The van der Waals surface area contributed by atoms with Crippen molar-refractivity contribution in [2.45, 2.75) is 82.6 Å². The zero-order chi connectivity index (χ0) is 21.1. The summed E-state index contributed by atoms with van der Waals surface area (Å²) in [6, 6.07) is 6.63. The van der Waals surface area contributed by atoms with Crippen molar-refractivity contribution in [1.29, 1.82) is 0 Å². The molecule has 5 rings (SSSR count). The summed E-state index contributed by atoms with van der Waals surface area (Å²) in [5.41, 5.74) is 4.24. The van der Waals surface area contributed by atoms with Crippen molar-refractivity contribution in [3.8, 4) is 0 Å². The fraction of sp³-hybridized carbons (Fsp3) is 0.560. The molecule has 3 aliphatic carbocycles. The molecule has 1 aliphatic heterocycles. The van der Waals surface area contributed by atoms with E-state index in [4.69, 9.17) is 0 Å². The Balaban J connectivity index is 1.40. The van der Waals surface area contributed by atoms with Crippen molar-refractivity contribution in [2.24, 2.45) is 5.41 Å². The molecule has 160 valence electrons. The zero-order valence-electron chi connectivity index (χ0n) is 17.9. The third-order valence-electron chi connectivity index (χ3n) is 7.60. The van der Waals surface area contributed by atoms with Crippen LogP contribution in [0.2, 0.25) is 0 Å². The molecule has 1 aromatic carbocycles. The summed E-state index contributed by atoms with van der Waals surface area (Å²) in [6.07, 6.45) is 9.63. The van der Waals surface area contributed by atoms with Crippen LogP contribution in [-0.4, -0.2) is 27.8 Å². The van der Waals surface area contributed by atoms with Crippen LogP contribution in [-0.2, 0) is 4.79 Å². The molecule has 0 bridgehead atoms. The maximum absolute atomic E-state index is 13.0. The lowest BCUT2D eigenvalue weighted by molar-refractivity contribution is -0.130. The lowest BCUT2D eigenvalue weighted by Crippen LogP contribution is -2.41. The van der Waals surface area contributed by atoms with Gasteiger partial charge >= 0.3 is 0 Å². The molecule has 1 unspecified atom stereocenters. The molecule has 4 aliphatic rings. The number of carbonyl (C=O) groups excluding carboxylic acids is 1. The second-order valence-electron chi connectivity index (χ2n) is 10.0. The van der Waals surface area contributed by atoms with E-state index in [0.717, 1.165) is 36.1 Å². The Labute approximate surface area is 178 Å². The van der Waals surface area contributed by atoms with E-state index in [0.29, 0.717) is 31.7 Å². The van der Waals surface area contributed by atoms with Gasteiger partial charge < -0.3 is 15.5 Å². The molecule has 4 N–H and O–H groups in total. The highest BCUT2D eigenvalue weighted by Crippen LogP contribution is 2.53. The number of hydrogen-bond acceptors (Lipinski definition) is 4. The van der Waals surface area contributed by atoms with Gasteiger partial charge in [-0.15, -0.1) is 0 Å². The van der Waals surface area contributed by atoms with E-state index in [9.17, 15) is 15.0 Å². The summed E-state index contributed by atoms with van der Waals surface area (Å²) in [7, 11) is 0. The van der Waals surface area contributed by atoms with Crippen LogP contribution in [0.25, 0.3) is 0 Å². The predicted octanol–water partition coefficient (Wildman–Crippen LogP) is 3.48. The van der Waals surface area contributed by atoms with Gasteiger partial charge in [0.25, 0.3) is 0 Å². The number of hydrogen-bond donors (Lipinski definition) is 4. The average molecular weight is 409 g/mol. The molecular weight excluding hydrogens is 376 g/mol. The van der Waals surface area contributed by atoms with Gasteiger partial charge in [-0.2, -0.15) is 0 Å². The van der Waals surface area contributed by atoms with Crippen molar-refractivity contribution < 1.29 is 15.0 Å². The molecule has 0 radical (unpaired) electrons. The Morgan fingerprint density at radius 2 is 1.93 bits per heavy atom. The molecule has 1 spiro atoms. The molecule has 0 aromatic heterocycles. The lowest BCUT2D eigenvalue weighted by Gasteiger charge is -2.39. The van der Waals surface area contributed by atoms with E-state index < -0.39 is 17.2 Å². The molecule has 1 aromatic rings. The minimum atomic E-state index is -0.664. The number of benzene rings is 1. The number of nitrogens with one attached hydrogen (secondary N) is 2. The smallest absolute Gasteiger partial charge is 0.235 e. The highest BCUT2D eigenvalue weighted by atomic mass is 16.3. The van der Waals surface area contributed by atoms with E-state index in [2.05, 4.69) is 41.8 Å². The largest absolute Gasteiger partial charge is 0.390 e. The van der Waals surface area contributed by atoms with Crippen LogP contribution in [0, 0.1) is 12.3 Å². The lowest BCUT2D eigenvalue weighted by atomic mass is 9.64. The van der Waals surface area contributed by atoms with Gasteiger partial charge in [-0.05, 0) is 81.1 Å². The topological polar surface area (TPSA) is 81.6 Å². The van der Waals surface area contributed by atoms with Crippen LogP contribution in [0.4, 0.5) is 0 Å². The van der Waals surface area contributed by atoms with Crippen LogP contribution in [0.1, 0.15) is 80.7 Å². The number of carbonyl (C=O) groups is 1. The van der Waals surface area contributed by atoms with E-state index in [1.807, 2.05) is 13.0 Å². The SMILES string of the molecule is Cc1ccc([C@H](O)NC2CC2)cc1C1C=C2NC(=O)C3(CCC(C)(O)CC3)C2=CC1. The molecule has 2 atom stereocenters. The second kappa shape index (κ2) is 7.04. The van der Waals surface area contributed by atoms with Gasteiger partial charge in [0, 0.05) is 17.7 Å². The van der Waals surface area contributed by atoms with Gasteiger partial charge in [0.05, 0.1) is 11.0 Å². The summed E-state index contributed by atoms with van der Waals surface area (Å²) >= 11 is 0. The third kappa shape index (κ3) is 3.43. The van der Waals surface area contributed by atoms with Crippen molar-refractivity contribution in [2.75, 3.05) is 0 Å². The number of allylic oxidation sites excluding steroid dienone is 3. The van der Waals surface area contributed by atoms with Gasteiger partial charge in [0.2, 0.25) is 5.91 Å². The monoisotopic (exact) mass is 408 g/mol. The molecule has 3 fully saturated rings. The standard InChI is InChI=1S/C25H32N2O3/c1-15-3-4-17(22(28)26-18-6-7-18)13-19(15)16-5-8-20-21(14-16)27-23(29)25(20)11-9-24(2,30)10-12-25/h3-4,8,13-14,16,18,22,26,28,30H,5-7,9-12H2,1-2H3,(H,27,29)/t16?,22-,24?,25?/m0/s1. The highest BCUT2D eigenvalue weighted by Gasteiger charge is 2.52. The number of aliphatic hydroxyl groups excluding tert-OH is 1. The second-order valence-corrected chi connectivity index (χ2v) is 10.0. The molecule has 1 saturated heterocycles. The normalized spacial score (nSPS) is 34.3. The number of amides is 1. The van der Waals surface area contributed by atoms with Gasteiger partial charge in [0.15, 0.2) is 0 Å². The maximum atomic E-state index is 13.0. The first-order chi connectivity index (χ1) is 14.3. The summed E-state index contributed by atoms with van der Waals surface area (Å²) in [4.78, 5) is 13.0. The van der Waals surface area contributed by atoms with Gasteiger partial charge in [0.1, 0.15) is 6.23 Å². The number of rotatable bonds is 4. The maximum Gasteiger partial charge on any atom is 0.235 e. The first-order valence-corrected chi connectivity index (χ1v) is 11.3. The van der Waals surface area contributed by atoms with Crippen molar-refractivity contribution in [3.63, 3.8) is 0 Å². The summed E-state index contributed by atoms with van der Waals surface area (Å²) in [6.45, 7) is 3.98. The van der Waals surface area contributed by atoms with Crippen LogP contribution in [0.5, 0.6) is 0 Å². The molecule has 5 heteroatoms. The van der Waals surface area contributed by atoms with Crippen LogP contribution in [0.15, 0.2) is 41.6 Å². The molecular formula is C25H32N2O3. The first-order valence-electron chi connectivity index (χ1n) is 11.3. The van der Waals surface area contributed by atoms with Crippen molar-refractivity contribution >= 4 is 5.91 Å². The third-order valence-corrected chi connectivity index (χ3v) is 7.60. The highest BCUT2D eigenvalue weighted by molar-refractivity contribution is 5.94. The number of fused-ring (bicyclic) bond motifs is 2. The number of aliphatic hydroxyl groups is 2. The summed E-state index contributed by atoms with van der Waals surface area (Å²) < 4.78 is 0. The average Bonchev–Trinajstić information content (AvgIpc) is 3.48. The fourth-order valence-electron chi connectivity index (χ4n) is 5.37. The Bertz CT molecular complexity index is 932. The van der Waals surface area contributed by atoms with Crippen molar-refractivity contribution in [3.05, 3.63) is 58.3 Å². The van der Waals surface area contributed by atoms with Crippen LogP contribution >= 0.6 is 0 Å². The van der Waals surface area contributed by atoms with E-state index in [1.54, 1.807) is 0 Å². The Hall–Kier alpha value is -1.95. The Kier molecular flexibility index (Phi) is 4.69. The van der Waals surface area contributed by atoms with E-state index >= 15 is 0 Å². The molecule has 30 heavy (non-hydrogen) atoms. The quantitative estimate of drug-likeness (QED) is 0.575. The molecule has 2 saturated carbocycles. The minimum Gasteiger partial charge on any atom is -0.390 e. The molecule has 1 amide bonds. The van der Waals surface area contributed by atoms with Crippen molar-refractivity contribution in [1.82, 2.24) is 10.6 Å². The molecule has 5 nitrogen and oxygen atoms in total. The summed E-state index contributed by atoms with van der Waals surface area (Å²) in [5, 5.41) is 27.3. The van der Waals surface area contributed by atoms with Crippen LogP contribution in [0.3, 0.4) is 0 Å². The van der Waals surface area contributed by atoms with E-state index in [-0.39, 0.29) is 11.8 Å². The first kappa shape index (κ1) is 20.0. The Morgan fingerprint density at radius 3 is 2.63 bits per heavy atom.